The van der Waals surface area contributed by atoms with E-state index in [9.17, 15) is 0 Å². The lowest BCUT2D eigenvalue weighted by molar-refractivity contribution is 0.589. The minimum atomic E-state index is 0.0847. The van der Waals surface area contributed by atoms with Gasteiger partial charge in [0.15, 0.2) is 0 Å². The molecule has 10 rings (SSSR count). The predicted molar refractivity (Wildman–Crippen MR) is 187 cm³/mol. The van der Waals surface area contributed by atoms with Crippen LogP contribution in [0, 0.1) is 13.8 Å². The summed E-state index contributed by atoms with van der Waals surface area (Å²) in [5, 5.41) is 4.82. The Balaban J connectivity index is 1.41. The van der Waals surface area contributed by atoms with E-state index in [1.807, 2.05) is 0 Å². The average Bonchev–Trinajstić information content (AvgIpc) is 3.72. The average molecular weight is 582 g/mol. The van der Waals surface area contributed by atoms with Crippen molar-refractivity contribution in [2.75, 3.05) is 0 Å². The molecule has 4 heterocycles. The van der Waals surface area contributed by atoms with Gasteiger partial charge in [-0.1, -0.05) is 81.4 Å². The smallest absolute Gasteiger partial charge is 0.223 e. The number of aryl methyl sites for hydroxylation is 2. The highest BCUT2D eigenvalue weighted by Crippen LogP contribution is 2.41. The summed E-state index contributed by atoms with van der Waals surface area (Å²) < 4.78 is 6.96. The molecule has 0 unspecified atom stereocenters. The van der Waals surface area contributed by atoms with Crippen LogP contribution in [-0.2, 0) is 5.41 Å². The van der Waals surface area contributed by atoms with Crippen molar-refractivity contribution in [1.29, 1.82) is 0 Å². The third kappa shape index (κ3) is 3.22. The highest BCUT2D eigenvalue weighted by Gasteiger charge is 2.26. The topological polar surface area (TPSA) is 39.0 Å². The molecule has 0 radical (unpaired) electrons. The van der Waals surface area contributed by atoms with Gasteiger partial charge in [0.05, 0.1) is 33.1 Å². The maximum absolute atomic E-state index is 5.28. The van der Waals surface area contributed by atoms with Crippen LogP contribution >= 0.6 is 0 Å². The van der Waals surface area contributed by atoms with Gasteiger partial charge >= 0.3 is 0 Å². The Hall–Kier alpha value is -5.42. The van der Waals surface area contributed by atoms with Crippen molar-refractivity contribution in [3.05, 3.63) is 114 Å². The van der Waals surface area contributed by atoms with Gasteiger partial charge in [-0.25, -0.2) is 14.4 Å². The largest absolute Gasteiger partial charge is 0.276 e. The van der Waals surface area contributed by atoms with E-state index in [0.29, 0.717) is 0 Å². The molecule has 0 spiro atoms. The molecule has 0 saturated carbocycles. The fraction of sp³-hybridized carbons (Fsp3) is 0.150. The fourth-order valence-electron chi connectivity index (χ4n) is 7.74. The summed E-state index contributed by atoms with van der Waals surface area (Å²) in [4.78, 5) is 10.6. The molecule has 45 heavy (non-hydrogen) atoms. The van der Waals surface area contributed by atoms with Gasteiger partial charge in [0.25, 0.3) is 0 Å². The van der Waals surface area contributed by atoms with Gasteiger partial charge in [-0.2, -0.15) is 0 Å². The van der Waals surface area contributed by atoms with Gasteiger partial charge in [0.1, 0.15) is 5.52 Å². The molecule has 0 amide bonds. The standard InChI is InChI=1S/C40H31N5/c1-22-14-29(40(3,4)5)15-23(2)36(22)28-20-34-37-35(21-28)44-33-19-27-13-9-7-11-25(27)17-31(33)42-39(44)45(37)38-41-30-16-24-10-6-8-12-26(24)18-32(30)43(34)38/h6-21H,1-5H3. The molecule has 216 valence electrons. The molecule has 5 heteroatoms. The first kappa shape index (κ1) is 25.0. The molecule has 0 aliphatic carbocycles. The van der Waals surface area contributed by atoms with Crippen LogP contribution in [0.25, 0.3) is 82.8 Å². The van der Waals surface area contributed by atoms with Gasteiger partial charge in [-0.15, -0.1) is 0 Å². The number of hydrogen-bond acceptors (Lipinski definition) is 2. The molecule has 0 atom stereocenters. The third-order valence-electron chi connectivity index (χ3n) is 9.87. The Morgan fingerprint density at radius 1 is 0.511 bits per heavy atom. The zero-order chi connectivity index (χ0) is 30.4. The predicted octanol–water partition coefficient (Wildman–Crippen LogP) is 10.0. The van der Waals surface area contributed by atoms with E-state index >= 15 is 0 Å². The SMILES string of the molecule is Cc1cc(C(C)(C)C)cc(C)c1-c1cc2c3c(c1)n1c4cc5ccccc5cc4nc1n3c1nc3cc4ccccc4cc3n21. The minimum absolute atomic E-state index is 0.0847. The molecule has 10 aromatic rings. The maximum Gasteiger partial charge on any atom is 0.223 e. The van der Waals surface area contributed by atoms with Gasteiger partial charge in [0.2, 0.25) is 11.6 Å². The fourth-order valence-corrected chi connectivity index (χ4v) is 7.74. The Kier molecular flexibility index (Phi) is 4.54. The van der Waals surface area contributed by atoms with E-state index < -0.39 is 0 Å². The number of aromatic nitrogens is 5. The van der Waals surface area contributed by atoms with E-state index in [1.165, 1.54) is 49.4 Å². The van der Waals surface area contributed by atoms with E-state index in [2.05, 4.69) is 145 Å². The maximum atomic E-state index is 5.28. The Bertz CT molecular complexity index is 2690. The molecule has 4 aromatic heterocycles. The van der Waals surface area contributed by atoms with Crippen LogP contribution in [0.1, 0.15) is 37.5 Å². The quantitative estimate of drug-likeness (QED) is 0.193. The number of benzene rings is 6. The van der Waals surface area contributed by atoms with Gasteiger partial charge in [-0.3, -0.25) is 8.80 Å². The Labute approximate surface area is 259 Å². The lowest BCUT2D eigenvalue weighted by Gasteiger charge is -2.22. The molecular formula is C40H31N5. The number of nitrogens with zero attached hydrogens (tertiary/aromatic N) is 5. The summed E-state index contributed by atoms with van der Waals surface area (Å²) >= 11 is 0. The second-order valence-corrected chi connectivity index (χ2v) is 13.8. The number of imidazole rings is 4. The third-order valence-corrected chi connectivity index (χ3v) is 9.87. The van der Waals surface area contributed by atoms with Crippen molar-refractivity contribution in [1.82, 2.24) is 23.2 Å². The zero-order valence-electron chi connectivity index (χ0n) is 26.0. The molecule has 0 bridgehead atoms. The summed E-state index contributed by atoms with van der Waals surface area (Å²) in [6.07, 6.45) is 0. The van der Waals surface area contributed by atoms with Crippen LogP contribution in [0.15, 0.2) is 97.1 Å². The second kappa shape index (κ2) is 8.19. The zero-order valence-corrected chi connectivity index (χ0v) is 26.0. The first-order chi connectivity index (χ1) is 21.7. The molecule has 0 aliphatic heterocycles. The number of hydrogen-bond donors (Lipinski definition) is 0. The monoisotopic (exact) mass is 581 g/mol. The molecule has 0 saturated heterocycles. The summed E-state index contributed by atoms with van der Waals surface area (Å²) in [6.45, 7) is 11.4. The van der Waals surface area contributed by atoms with Crippen LogP contribution in [0.2, 0.25) is 0 Å². The Morgan fingerprint density at radius 3 is 1.40 bits per heavy atom. The highest BCUT2D eigenvalue weighted by atomic mass is 15.3. The highest BCUT2D eigenvalue weighted by molar-refractivity contribution is 6.08. The van der Waals surface area contributed by atoms with Crippen LogP contribution in [0.5, 0.6) is 0 Å². The molecule has 5 nitrogen and oxygen atoms in total. The van der Waals surface area contributed by atoms with E-state index in [-0.39, 0.29) is 5.41 Å². The summed E-state index contributed by atoms with van der Waals surface area (Å²) in [6, 6.07) is 35.6. The Morgan fingerprint density at radius 2 is 0.956 bits per heavy atom. The lowest BCUT2D eigenvalue weighted by atomic mass is 9.82. The summed E-state index contributed by atoms with van der Waals surface area (Å²) in [7, 11) is 0. The van der Waals surface area contributed by atoms with Gasteiger partial charge < -0.3 is 0 Å². The molecule has 0 N–H and O–H groups in total. The number of rotatable bonds is 1. The van der Waals surface area contributed by atoms with Gasteiger partial charge in [-0.05, 0) is 105 Å². The molecule has 0 fully saturated rings. The van der Waals surface area contributed by atoms with Crippen molar-refractivity contribution < 1.29 is 0 Å². The van der Waals surface area contributed by atoms with Crippen molar-refractivity contribution in [3.8, 4) is 11.1 Å². The number of fused-ring (bicyclic) bond motifs is 12. The van der Waals surface area contributed by atoms with E-state index in [4.69, 9.17) is 9.97 Å². The molecular weight excluding hydrogens is 550 g/mol. The van der Waals surface area contributed by atoms with E-state index in [0.717, 1.165) is 50.2 Å². The van der Waals surface area contributed by atoms with Crippen LogP contribution < -0.4 is 0 Å². The van der Waals surface area contributed by atoms with Crippen molar-refractivity contribution >= 4 is 71.7 Å². The summed E-state index contributed by atoms with van der Waals surface area (Å²) in [5.74, 6) is 1.78. The van der Waals surface area contributed by atoms with Crippen LogP contribution in [0.3, 0.4) is 0 Å². The van der Waals surface area contributed by atoms with Gasteiger partial charge in [0, 0.05) is 0 Å². The van der Waals surface area contributed by atoms with Crippen molar-refractivity contribution in [3.63, 3.8) is 0 Å². The summed E-state index contributed by atoms with van der Waals surface area (Å²) in [5.41, 5.74) is 14.2. The van der Waals surface area contributed by atoms with Crippen LogP contribution in [0.4, 0.5) is 0 Å². The molecule has 0 aliphatic rings. The van der Waals surface area contributed by atoms with Crippen molar-refractivity contribution in [2.45, 2.75) is 40.0 Å². The minimum Gasteiger partial charge on any atom is -0.276 e. The van der Waals surface area contributed by atoms with E-state index in [1.54, 1.807) is 0 Å². The molecule has 6 aromatic carbocycles. The van der Waals surface area contributed by atoms with Crippen molar-refractivity contribution in [2.24, 2.45) is 0 Å². The lowest BCUT2D eigenvalue weighted by Crippen LogP contribution is -2.12. The van der Waals surface area contributed by atoms with Crippen LogP contribution in [-0.4, -0.2) is 23.2 Å². The normalized spacial score (nSPS) is 13.0. The second-order valence-electron chi connectivity index (χ2n) is 13.8. The first-order valence-electron chi connectivity index (χ1n) is 15.7. The first-order valence-corrected chi connectivity index (χ1v) is 15.7.